The summed E-state index contributed by atoms with van der Waals surface area (Å²) in [5, 5.41) is 9.48. The standard InChI is InChI=1S/C9H17N2O/c1-3-4-9(12)7-11-6-5-10(2)8-11/h5-6,8-9,12H,3-4,7H2,1-2H3/q+1. The number of hydrogen-bond donors (Lipinski definition) is 1. The number of hydrogen-bond acceptors (Lipinski definition) is 1. The molecule has 0 spiro atoms. The summed E-state index contributed by atoms with van der Waals surface area (Å²) in [5.74, 6) is 0. The molecule has 0 fully saturated rings. The second kappa shape index (κ2) is 4.26. The Morgan fingerprint density at radius 1 is 1.58 bits per heavy atom. The first kappa shape index (κ1) is 9.26. The van der Waals surface area contributed by atoms with Gasteiger partial charge in [0.2, 0.25) is 6.33 Å². The highest BCUT2D eigenvalue weighted by atomic mass is 16.3. The fourth-order valence-corrected chi connectivity index (χ4v) is 1.28. The van der Waals surface area contributed by atoms with E-state index in [1.54, 1.807) is 0 Å². The first-order valence-electron chi connectivity index (χ1n) is 4.41. The summed E-state index contributed by atoms with van der Waals surface area (Å²) in [7, 11) is 1.97. The summed E-state index contributed by atoms with van der Waals surface area (Å²) >= 11 is 0. The van der Waals surface area contributed by atoms with Crippen molar-refractivity contribution in [3.63, 3.8) is 0 Å². The van der Waals surface area contributed by atoms with Gasteiger partial charge in [0, 0.05) is 0 Å². The van der Waals surface area contributed by atoms with E-state index in [9.17, 15) is 5.11 Å². The molecule has 0 bridgehead atoms. The highest BCUT2D eigenvalue weighted by Gasteiger charge is 2.07. The molecule has 3 heteroatoms. The predicted molar refractivity (Wildman–Crippen MR) is 46.5 cm³/mol. The van der Waals surface area contributed by atoms with E-state index in [1.807, 2.05) is 34.9 Å². The van der Waals surface area contributed by atoms with Crippen LogP contribution in [0.2, 0.25) is 0 Å². The molecule has 3 nitrogen and oxygen atoms in total. The highest BCUT2D eigenvalue weighted by molar-refractivity contribution is 4.68. The van der Waals surface area contributed by atoms with Crippen molar-refractivity contribution in [2.75, 3.05) is 0 Å². The van der Waals surface area contributed by atoms with Crippen molar-refractivity contribution in [2.45, 2.75) is 32.4 Å². The molecule has 1 aromatic rings. The Balaban J connectivity index is 2.41. The topological polar surface area (TPSA) is 29.0 Å². The largest absolute Gasteiger partial charge is 0.389 e. The smallest absolute Gasteiger partial charge is 0.243 e. The van der Waals surface area contributed by atoms with Crippen LogP contribution in [0.5, 0.6) is 0 Å². The van der Waals surface area contributed by atoms with Crippen molar-refractivity contribution in [1.82, 2.24) is 4.57 Å². The molecule has 0 aliphatic carbocycles. The summed E-state index contributed by atoms with van der Waals surface area (Å²) in [6.45, 7) is 2.79. The monoisotopic (exact) mass is 169 g/mol. The molecule has 0 aromatic carbocycles. The van der Waals surface area contributed by atoms with Gasteiger partial charge in [0.05, 0.1) is 13.2 Å². The van der Waals surface area contributed by atoms with Crippen LogP contribution in [-0.4, -0.2) is 15.8 Å². The first-order chi connectivity index (χ1) is 5.72. The maximum atomic E-state index is 9.48. The van der Waals surface area contributed by atoms with E-state index < -0.39 is 0 Å². The van der Waals surface area contributed by atoms with Crippen LogP contribution in [0.3, 0.4) is 0 Å². The van der Waals surface area contributed by atoms with E-state index in [0.717, 1.165) is 12.8 Å². The number of aryl methyl sites for hydroxylation is 1. The average Bonchev–Trinajstić information content (AvgIpc) is 2.36. The van der Waals surface area contributed by atoms with Gasteiger partial charge in [-0.2, -0.15) is 0 Å². The number of nitrogens with zero attached hydrogens (tertiary/aromatic N) is 2. The summed E-state index contributed by atoms with van der Waals surface area (Å²) < 4.78 is 3.97. The van der Waals surface area contributed by atoms with Gasteiger partial charge in [-0.15, -0.1) is 0 Å². The van der Waals surface area contributed by atoms with Gasteiger partial charge in [-0.3, -0.25) is 0 Å². The van der Waals surface area contributed by atoms with Crippen LogP contribution < -0.4 is 4.57 Å². The normalized spacial score (nSPS) is 13.2. The Kier molecular flexibility index (Phi) is 3.29. The number of aliphatic hydroxyl groups excluding tert-OH is 1. The van der Waals surface area contributed by atoms with Crippen molar-refractivity contribution in [1.29, 1.82) is 0 Å². The summed E-state index contributed by atoms with van der Waals surface area (Å²) in [6, 6.07) is 0. The van der Waals surface area contributed by atoms with Gasteiger partial charge in [-0.25, -0.2) is 9.13 Å². The molecule has 0 saturated carbocycles. The molecular formula is C9H17N2O+. The lowest BCUT2D eigenvalue weighted by molar-refractivity contribution is -0.671. The SMILES string of the molecule is CCCC(O)Cn1cc[n+](C)c1. The molecule has 1 rings (SSSR count). The second-order valence-corrected chi connectivity index (χ2v) is 3.22. The third-order valence-corrected chi connectivity index (χ3v) is 1.87. The zero-order valence-corrected chi connectivity index (χ0v) is 7.77. The van der Waals surface area contributed by atoms with Gasteiger partial charge in [-0.05, 0) is 6.42 Å². The van der Waals surface area contributed by atoms with E-state index in [1.165, 1.54) is 0 Å². The summed E-state index contributed by atoms with van der Waals surface area (Å²) in [5.41, 5.74) is 0. The molecule has 1 N–H and O–H groups in total. The molecule has 0 amide bonds. The van der Waals surface area contributed by atoms with Gasteiger partial charge >= 0.3 is 0 Å². The van der Waals surface area contributed by atoms with Crippen molar-refractivity contribution in [2.24, 2.45) is 7.05 Å². The number of rotatable bonds is 4. The molecule has 0 saturated heterocycles. The lowest BCUT2D eigenvalue weighted by Crippen LogP contribution is -2.24. The van der Waals surface area contributed by atoms with Gasteiger partial charge in [-0.1, -0.05) is 13.3 Å². The minimum atomic E-state index is -0.206. The van der Waals surface area contributed by atoms with E-state index >= 15 is 0 Å². The summed E-state index contributed by atoms with van der Waals surface area (Å²) in [4.78, 5) is 0. The first-order valence-corrected chi connectivity index (χ1v) is 4.41. The van der Waals surface area contributed by atoms with Crippen LogP contribution in [0, 0.1) is 0 Å². The lowest BCUT2D eigenvalue weighted by Gasteiger charge is -2.04. The number of imidazole rings is 1. The van der Waals surface area contributed by atoms with E-state index in [0.29, 0.717) is 6.54 Å². The van der Waals surface area contributed by atoms with Crippen molar-refractivity contribution in [3.8, 4) is 0 Å². The van der Waals surface area contributed by atoms with Crippen molar-refractivity contribution < 1.29 is 9.67 Å². The molecule has 12 heavy (non-hydrogen) atoms. The van der Waals surface area contributed by atoms with Crippen molar-refractivity contribution in [3.05, 3.63) is 18.7 Å². The second-order valence-electron chi connectivity index (χ2n) is 3.22. The minimum absolute atomic E-state index is 0.206. The van der Waals surface area contributed by atoms with Crippen LogP contribution in [0.4, 0.5) is 0 Å². The molecule has 0 radical (unpaired) electrons. The Bertz CT molecular complexity index is 232. The maximum absolute atomic E-state index is 9.48. The molecule has 1 heterocycles. The predicted octanol–water partition coefficient (Wildman–Crippen LogP) is 0.474. The minimum Gasteiger partial charge on any atom is -0.389 e. The molecule has 1 unspecified atom stereocenters. The fraction of sp³-hybridized carbons (Fsp3) is 0.667. The third kappa shape index (κ3) is 2.66. The number of aliphatic hydroxyl groups is 1. The Morgan fingerprint density at radius 2 is 2.33 bits per heavy atom. The van der Waals surface area contributed by atoms with Crippen LogP contribution in [-0.2, 0) is 13.6 Å². The Hall–Kier alpha value is -0.830. The maximum Gasteiger partial charge on any atom is 0.243 e. The van der Waals surface area contributed by atoms with Gasteiger partial charge in [0.15, 0.2) is 0 Å². The Morgan fingerprint density at radius 3 is 2.83 bits per heavy atom. The van der Waals surface area contributed by atoms with Crippen LogP contribution in [0.15, 0.2) is 18.7 Å². The highest BCUT2D eigenvalue weighted by Crippen LogP contribution is 1.98. The molecule has 68 valence electrons. The molecular weight excluding hydrogens is 152 g/mol. The van der Waals surface area contributed by atoms with Gasteiger partial charge < -0.3 is 5.11 Å². The number of aromatic nitrogens is 2. The lowest BCUT2D eigenvalue weighted by atomic mass is 10.2. The van der Waals surface area contributed by atoms with Crippen LogP contribution in [0.1, 0.15) is 19.8 Å². The molecule has 1 aromatic heterocycles. The zero-order valence-electron chi connectivity index (χ0n) is 7.77. The Labute approximate surface area is 73.3 Å². The fourth-order valence-electron chi connectivity index (χ4n) is 1.28. The third-order valence-electron chi connectivity index (χ3n) is 1.87. The quantitative estimate of drug-likeness (QED) is 0.652. The van der Waals surface area contributed by atoms with E-state index in [4.69, 9.17) is 0 Å². The van der Waals surface area contributed by atoms with Crippen molar-refractivity contribution >= 4 is 0 Å². The summed E-state index contributed by atoms with van der Waals surface area (Å²) in [6.07, 6.45) is 7.62. The average molecular weight is 169 g/mol. The van der Waals surface area contributed by atoms with Gasteiger partial charge in [0.1, 0.15) is 18.9 Å². The van der Waals surface area contributed by atoms with Gasteiger partial charge in [0.25, 0.3) is 0 Å². The molecule has 1 atom stereocenters. The van der Waals surface area contributed by atoms with Crippen LogP contribution >= 0.6 is 0 Å². The van der Waals surface area contributed by atoms with Crippen LogP contribution in [0.25, 0.3) is 0 Å². The zero-order chi connectivity index (χ0) is 8.97. The van der Waals surface area contributed by atoms with E-state index in [2.05, 4.69) is 6.92 Å². The van der Waals surface area contributed by atoms with E-state index in [-0.39, 0.29) is 6.10 Å². The molecule has 0 aliphatic heterocycles. The molecule has 0 aliphatic rings.